The van der Waals surface area contributed by atoms with Gasteiger partial charge in [-0.25, -0.2) is 9.59 Å². The number of aromatic nitrogens is 2. The second-order valence-electron chi connectivity index (χ2n) is 3.86. The molecule has 0 spiro atoms. The number of hydrogen-bond acceptors (Lipinski definition) is 4. The molecule has 0 fully saturated rings. The minimum Gasteiger partial charge on any atom is -0.478 e. The number of carboxylic acids is 2. The lowest BCUT2D eigenvalue weighted by molar-refractivity contribution is 0.0685. The van der Waals surface area contributed by atoms with Crippen molar-refractivity contribution >= 4 is 18.0 Å². The largest absolute Gasteiger partial charge is 0.478 e. The van der Waals surface area contributed by atoms with Gasteiger partial charge in [-0.3, -0.25) is 9.97 Å². The summed E-state index contributed by atoms with van der Waals surface area (Å²) in [5.74, 6) is -2.21. The third-order valence-electron chi connectivity index (χ3n) is 2.67. The molecule has 6 nitrogen and oxygen atoms in total. The van der Waals surface area contributed by atoms with E-state index in [1.807, 2.05) is 0 Å². The summed E-state index contributed by atoms with van der Waals surface area (Å²) < 4.78 is 0. The molecule has 0 aromatic carbocycles. The van der Waals surface area contributed by atoms with Gasteiger partial charge in [0, 0.05) is 18.0 Å². The van der Waals surface area contributed by atoms with Gasteiger partial charge in [-0.05, 0) is 18.2 Å². The maximum absolute atomic E-state index is 11.1. The van der Waals surface area contributed by atoms with Gasteiger partial charge in [0.15, 0.2) is 0 Å². The highest BCUT2D eigenvalue weighted by Gasteiger charge is 2.15. The van der Waals surface area contributed by atoms with Crippen LogP contribution in [0.1, 0.15) is 26.3 Å². The quantitative estimate of drug-likeness (QED) is 0.883. The highest BCUT2D eigenvalue weighted by molar-refractivity contribution is 5.95. The van der Waals surface area contributed by atoms with E-state index >= 15 is 0 Å². The zero-order valence-corrected chi connectivity index (χ0v) is 10.3. The fraction of sp³-hybridized carbons (Fsp3) is 0. The SMILES string of the molecule is C=Cc1c(C(=O)O)ccnc1-c1cc(C(=O)O)ccn1. The summed E-state index contributed by atoms with van der Waals surface area (Å²) in [5, 5.41) is 18.1. The van der Waals surface area contributed by atoms with Crippen LogP contribution in [0.15, 0.2) is 37.2 Å². The Kier molecular flexibility index (Phi) is 3.56. The summed E-state index contributed by atoms with van der Waals surface area (Å²) >= 11 is 0. The van der Waals surface area contributed by atoms with Crippen LogP contribution in [0.5, 0.6) is 0 Å². The predicted molar refractivity (Wildman–Crippen MR) is 71.5 cm³/mol. The molecule has 0 saturated heterocycles. The Morgan fingerprint density at radius 1 is 1.10 bits per heavy atom. The topological polar surface area (TPSA) is 100 Å². The molecule has 0 bridgehead atoms. The molecule has 0 radical (unpaired) electrons. The van der Waals surface area contributed by atoms with Crippen molar-refractivity contribution in [3.8, 4) is 11.4 Å². The van der Waals surface area contributed by atoms with Gasteiger partial charge in [0.1, 0.15) is 0 Å². The van der Waals surface area contributed by atoms with Crippen molar-refractivity contribution < 1.29 is 19.8 Å². The maximum Gasteiger partial charge on any atom is 0.336 e. The second kappa shape index (κ2) is 5.31. The number of aromatic carboxylic acids is 2. The molecule has 2 rings (SSSR count). The summed E-state index contributed by atoms with van der Waals surface area (Å²) in [7, 11) is 0. The lowest BCUT2D eigenvalue weighted by Gasteiger charge is -2.08. The average Bonchev–Trinajstić information content (AvgIpc) is 2.46. The fourth-order valence-electron chi connectivity index (χ4n) is 1.76. The van der Waals surface area contributed by atoms with Crippen molar-refractivity contribution in [2.75, 3.05) is 0 Å². The molecule has 2 heterocycles. The van der Waals surface area contributed by atoms with E-state index in [1.165, 1.54) is 36.7 Å². The summed E-state index contributed by atoms with van der Waals surface area (Å²) in [6, 6.07) is 4.04. The van der Waals surface area contributed by atoms with E-state index in [9.17, 15) is 9.59 Å². The Balaban J connectivity index is 2.66. The van der Waals surface area contributed by atoms with Crippen LogP contribution >= 0.6 is 0 Å². The molecule has 0 aliphatic rings. The molecule has 0 atom stereocenters. The smallest absolute Gasteiger partial charge is 0.336 e. The van der Waals surface area contributed by atoms with E-state index in [0.717, 1.165) is 0 Å². The van der Waals surface area contributed by atoms with Gasteiger partial charge in [-0.1, -0.05) is 12.7 Å². The van der Waals surface area contributed by atoms with Crippen LogP contribution in [-0.4, -0.2) is 32.1 Å². The van der Waals surface area contributed by atoms with Crippen molar-refractivity contribution in [3.63, 3.8) is 0 Å². The van der Waals surface area contributed by atoms with Crippen LogP contribution in [0, 0.1) is 0 Å². The molecule has 0 unspecified atom stereocenters. The highest BCUT2D eigenvalue weighted by Crippen LogP contribution is 2.24. The Hall–Kier alpha value is -3.02. The Bertz CT molecular complexity index is 710. The van der Waals surface area contributed by atoms with E-state index in [4.69, 9.17) is 10.2 Å². The van der Waals surface area contributed by atoms with Gasteiger partial charge in [-0.15, -0.1) is 0 Å². The number of carbonyl (C=O) groups is 2. The zero-order valence-electron chi connectivity index (χ0n) is 10.3. The van der Waals surface area contributed by atoms with E-state index in [1.54, 1.807) is 0 Å². The van der Waals surface area contributed by atoms with E-state index in [0.29, 0.717) is 5.56 Å². The van der Waals surface area contributed by atoms with Gasteiger partial charge in [0.05, 0.1) is 22.5 Å². The Morgan fingerprint density at radius 2 is 1.80 bits per heavy atom. The molecule has 20 heavy (non-hydrogen) atoms. The lowest BCUT2D eigenvalue weighted by atomic mass is 10.0. The Morgan fingerprint density at radius 3 is 2.40 bits per heavy atom. The molecule has 0 aliphatic heterocycles. The molecular weight excluding hydrogens is 260 g/mol. The second-order valence-corrected chi connectivity index (χ2v) is 3.86. The zero-order chi connectivity index (χ0) is 14.7. The number of carboxylic acid groups (broad SMARTS) is 2. The van der Waals surface area contributed by atoms with Crippen LogP contribution in [0.25, 0.3) is 17.5 Å². The number of hydrogen-bond donors (Lipinski definition) is 2. The first-order valence-corrected chi connectivity index (χ1v) is 5.59. The molecule has 2 N–H and O–H groups in total. The normalized spacial score (nSPS) is 10.0. The third-order valence-corrected chi connectivity index (χ3v) is 2.67. The Labute approximate surface area is 114 Å². The summed E-state index contributed by atoms with van der Waals surface area (Å²) in [5.41, 5.74) is 0.945. The predicted octanol–water partition coefficient (Wildman–Crippen LogP) is 2.18. The van der Waals surface area contributed by atoms with Crippen LogP contribution < -0.4 is 0 Å². The van der Waals surface area contributed by atoms with Crippen molar-refractivity contribution in [2.45, 2.75) is 0 Å². The first-order valence-electron chi connectivity index (χ1n) is 5.59. The first-order chi connectivity index (χ1) is 9.54. The molecule has 0 amide bonds. The monoisotopic (exact) mass is 270 g/mol. The van der Waals surface area contributed by atoms with Crippen molar-refractivity contribution in [2.24, 2.45) is 0 Å². The van der Waals surface area contributed by atoms with Gasteiger partial charge in [0.2, 0.25) is 0 Å². The van der Waals surface area contributed by atoms with Gasteiger partial charge >= 0.3 is 11.9 Å². The van der Waals surface area contributed by atoms with E-state index in [-0.39, 0.29) is 22.5 Å². The summed E-state index contributed by atoms with van der Waals surface area (Å²) in [6.07, 6.45) is 4.03. The first kappa shape index (κ1) is 13.4. The molecular formula is C14H10N2O4. The number of pyridine rings is 2. The third kappa shape index (κ3) is 2.39. The molecule has 0 saturated carbocycles. The van der Waals surface area contributed by atoms with Crippen molar-refractivity contribution in [1.29, 1.82) is 0 Å². The number of nitrogens with zero attached hydrogens (tertiary/aromatic N) is 2. The van der Waals surface area contributed by atoms with Gasteiger partial charge in [-0.2, -0.15) is 0 Å². The molecule has 0 aliphatic carbocycles. The van der Waals surface area contributed by atoms with Crippen LogP contribution in [0.2, 0.25) is 0 Å². The minimum absolute atomic E-state index is 0.0347. The van der Waals surface area contributed by atoms with E-state index in [2.05, 4.69) is 16.5 Å². The van der Waals surface area contributed by atoms with Crippen LogP contribution in [0.3, 0.4) is 0 Å². The molecule has 6 heteroatoms. The van der Waals surface area contributed by atoms with Crippen molar-refractivity contribution in [1.82, 2.24) is 9.97 Å². The highest BCUT2D eigenvalue weighted by atomic mass is 16.4. The standard InChI is InChI=1S/C14H10N2O4/c1-2-9-10(14(19)20)4-6-16-12(9)11-7-8(13(17)18)3-5-15-11/h2-7H,1H2,(H,17,18)(H,19,20). The van der Waals surface area contributed by atoms with Gasteiger partial charge < -0.3 is 10.2 Å². The lowest BCUT2D eigenvalue weighted by Crippen LogP contribution is -2.04. The fourth-order valence-corrected chi connectivity index (χ4v) is 1.76. The molecule has 100 valence electrons. The number of rotatable bonds is 4. The van der Waals surface area contributed by atoms with Crippen LogP contribution in [-0.2, 0) is 0 Å². The van der Waals surface area contributed by atoms with Crippen molar-refractivity contribution in [3.05, 3.63) is 53.9 Å². The van der Waals surface area contributed by atoms with Gasteiger partial charge in [0.25, 0.3) is 0 Å². The van der Waals surface area contributed by atoms with E-state index < -0.39 is 11.9 Å². The summed E-state index contributed by atoms with van der Waals surface area (Å²) in [4.78, 5) is 30.2. The maximum atomic E-state index is 11.1. The average molecular weight is 270 g/mol. The minimum atomic E-state index is -1.11. The molecule has 2 aromatic rings. The summed E-state index contributed by atoms with van der Waals surface area (Å²) in [6.45, 7) is 3.57. The molecule has 2 aromatic heterocycles. The van der Waals surface area contributed by atoms with Crippen LogP contribution in [0.4, 0.5) is 0 Å².